The Morgan fingerprint density at radius 2 is 1.83 bits per heavy atom. The molecule has 0 radical (unpaired) electrons. The number of hydrogen-bond acceptors (Lipinski definition) is 4. The Hall–Kier alpha value is -1.66. The van der Waals surface area contributed by atoms with Gasteiger partial charge in [-0.05, 0) is 46.0 Å². The van der Waals surface area contributed by atoms with Gasteiger partial charge < -0.3 is 9.31 Å². The lowest BCUT2D eigenvalue weighted by Crippen LogP contribution is -2.41. The van der Waals surface area contributed by atoms with Crippen LogP contribution in [-0.2, 0) is 9.31 Å². The number of hydrogen-bond donors (Lipinski definition) is 0. The smallest absolute Gasteiger partial charge is 0.399 e. The molecule has 0 N–H and O–H groups in total. The van der Waals surface area contributed by atoms with E-state index in [1.807, 2.05) is 23.1 Å². The molecule has 0 spiro atoms. The Kier molecular flexibility index (Phi) is 3.19. The van der Waals surface area contributed by atoms with E-state index >= 15 is 0 Å². The number of nitrogens with zero attached hydrogens (tertiary/aromatic N) is 3. The highest BCUT2D eigenvalue weighted by Gasteiger charge is 2.51. The Balaban J connectivity index is 1.61. The average Bonchev–Trinajstić information content (AvgIpc) is 3.18. The topological polar surface area (TPSA) is 49.2 Å². The first-order valence-corrected chi connectivity index (χ1v) is 8.23. The summed E-state index contributed by atoms with van der Waals surface area (Å²) >= 11 is 0. The summed E-state index contributed by atoms with van der Waals surface area (Å²) in [6.45, 7) is 8.27. The van der Waals surface area contributed by atoms with Crippen LogP contribution in [0.25, 0.3) is 11.3 Å². The molecule has 2 aliphatic rings. The summed E-state index contributed by atoms with van der Waals surface area (Å²) in [5.41, 5.74) is 2.30. The first-order valence-electron chi connectivity index (χ1n) is 8.23. The fraction of sp³-hybridized carbons (Fsp3) is 0.529. The highest BCUT2D eigenvalue weighted by atomic mass is 16.7. The van der Waals surface area contributed by atoms with Crippen LogP contribution < -0.4 is 5.46 Å². The third-order valence-corrected chi connectivity index (χ3v) is 5.09. The SMILES string of the molecule is CC1(C)OB(c2cccc(-c3cnn(C4CC4)n3)c2)OC1(C)C. The van der Waals surface area contributed by atoms with Crippen molar-refractivity contribution in [2.24, 2.45) is 0 Å². The van der Waals surface area contributed by atoms with Crippen LogP contribution in [0, 0.1) is 0 Å². The van der Waals surface area contributed by atoms with Gasteiger partial charge in [0.05, 0.1) is 23.4 Å². The first-order chi connectivity index (χ1) is 10.9. The molecule has 2 fully saturated rings. The quantitative estimate of drug-likeness (QED) is 0.818. The minimum absolute atomic E-state index is 0.331. The maximum Gasteiger partial charge on any atom is 0.494 e. The molecule has 1 aliphatic carbocycles. The Morgan fingerprint density at radius 3 is 2.48 bits per heavy atom. The molecule has 1 aliphatic heterocycles. The molecule has 1 saturated carbocycles. The summed E-state index contributed by atoms with van der Waals surface area (Å²) < 4.78 is 12.3. The van der Waals surface area contributed by atoms with Crippen molar-refractivity contribution < 1.29 is 9.31 Å². The molecular formula is C17H22BN3O2. The van der Waals surface area contributed by atoms with E-state index in [0.717, 1.165) is 16.7 Å². The van der Waals surface area contributed by atoms with Crippen LogP contribution in [0.3, 0.4) is 0 Å². The van der Waals surface area contributed by atoms with Crippen LogP contribution in [0.5, 0.6) is 0 Å². The standard InChI is InChI=1S/C17H22BN3O2/c1-16(2)17(3,4)23-18(22-16)13-7-5-6-12(10-13)15-11-19-21(20-15)14-8-9-14/h5-7,10-11,14H,8-9H2,1-4H3. The predicted octanol–water partition coefficient (Wildman–Crippen LogP) is 2.58. The Labute approximate surface area is 137 Å². The van der Waals surface area contributed by atoms with Crippen molar-refractivity contribution in [1.29, 1.82) is 0 Å². The van der Waals surface area contributed by atoms with Gasteiger partial charge in [0.2, 0.25) is 0 Å². The lowest BCUT2D eigenvalue weighted by atomic mass is 9.78. The number of aromatic nitrogens is 3. The third kappa shape index (κ3) is 2.60. The Bertz CT molecular complexity index is 721. The molecule has 0 unspecified atom stereocenters. The van der Waals surface area contributed by atoms with Gasteiger partial charge in [-0.1, -0.05) is 24.3 Å². The molecule has 1 saturated heterocycles. The van der Waals surface area contributed by atoms with Crippen LogP contribution in [-0.4, -0.2) is 33.3 Å². The van der Waals surface area contributed by atoms with Gasteiger partial charge in [0, 0.05) is 5.56 Å². The van der Waals surface area contributed by atoms with Crippen LogP contribution in [0.15, 0.2) is 30.5 Å². The number of benzene rings is 1. The van der Waals surface area contributed by atoms with Crippen LogP contribution >= 0.6 is 0 Å². The monoisotopic (exact) mass is 311 g/mol. The van der Waals surface area contributed by atoms with Crippen molar-refractivity contribution in [3.63, 3.8) is 0 Å². The zero-order valence-electron chi connectivity index (χ0n) is 14.1. The third-order valence-electron chi connectivity index (χ3n) is 5.09. The van der Waals surface area contributed by atoms with Gasteiger partial charge >= 0.3 is 7.12 Å². The van der Waals surface area contributed by atoms with Gasteiger partial charge in [0.1, 0.15) is 5.69 Å². The fourth-order valence-electron chi connectivity index (χ4n) is 2.71. The molecule has 2 heterocycles. The largest absolute Gasteiger partial charge is 0.494 e. The van der Waals surface area contributed by atoms with Gasteiger partial charge in [-0.2, -0.15) is 15.0 Å². The fourth-order valence-corrected chi connectivity index (χ4v) is 2.71. The van der Waals surface area contributed by atoms with Crippen LogP contribution in [0.2, 0.25) is 0 Å². The van der Waals surface area contributed by atoms with Crippen molar-refractivity contribution in [3.8, 4) is 11.3 Å². The maximum atomic E-state index is 6.13. The summed E-state index contributed by atoms with van der Waals surface area (Å²) in [6.07, 6.45) is 4.20. The molecular weight excluding hydrogens is 289 g/mol. The lowest BCUT2D eigenvalue weighted by Gasteiger charge is -2.32. The van der Waals surface area contributed by atoms with E-state index in [1.165, 1.54) is 12.8 Å². The molecule has 6 heteroatoms. The Morgan fingerprint density at radius 1 is 1.13 bits per heavy atom. The summed E-state index contributed by atoms with van der Waals surface area (Å²) in [6, 6.07) is 8.69. The van der Waals surface area contributed by atoms with Crippen molar-refractivity contribution in [3.05, 3.63) is 30.5 Å². The normalized spacial score (nSPS) is 22.5. The van der Waals surface area contributed by atoms with E-state index in [2.05, 4.69) is 50.0 Å². The highest BCUT2D eigenvalue weighted by Crippen LogP contribution is 2.37. The van der Waals surface area contributed by atoms with Gasteiger partial charge in [-0.25, -0.2) is 0 Å². The van der Waals surface area contributed by atoms with Crippen molar-refractivity contribution in [1.82, 2.24) is 15.0 Å². The highest BCUT2D eigenvalue weighted by molar-refractivity contribution is 6.62. The minimum Gasteiger partial charge on any atom is -0.399 e. The number of rotatable bonds is 3. The van der Waals surface area contributed by atoms with Crippen molar-refractivity contribution in [2.45, 2.75) is 57.8 Å². The van der Waals surface area contributed by atoms with E-state index in [-0.39, 0.29) is 18.3 Å². The van der Waals surface area contributed by atoms with Gasteiger partial charge in [-0.15, -0.1) is 0 Å². The summed E-state index contributed by atoms with van der Waals surface area (Å²) in [5.74, 6) is 0. The van der Waals surface area contributed by atoms with Gasteiger partial charge in [-0.3, -0.25) is 0 Å². The lowest BCUT2D eigenvalue weighted by molar-refractivity contribution is 0.00578. The molecule has 0 amide bonds. The molecule has 2 aromatic rings. The maximum absolute atomic E-state index is 6.13. The van der Waals surface area contributed by atoms with E-state index in [1.54, 1.807) is 0 Å². The van der Waals surface area contributed by atoms with Crippen LogP contribution in [0.1, 0.15) is 46.6 Å². The molecule has 1 aromatic carbocycles. The molecule has 0 atom stereocenters. The second-order valence-electron chi connectivity index (χ2n) is 7.50. The van der Waals surface area contributed by atoms with Crippen LogP contribution in [0.4, 0.5) is 0 Å². The van der Waals surface area contributed by atoms with Gasteiger partial charge in [0.25, 0.3) is 0 Å². The molecule has 5 nitrogen and oxygen atoms in total. The first kappa shape index (κ1) is 14.9. The second kappa shape index (κ2) is 4.92. The second-order valence-corrected chi connectivity index (χ2v) is 7.50. The molecule has 0 bridgehead atoms. The predicted molar refractivity (Wildman–Crippen MR) is 89.4 cm³/mol. The molecule has 23 heavy (non-hydrogen) atoms. The summed E-state index contributed by atoms with van der Waals surface area (Å²) in [5, 5.41) is 8.96. The summed E-state index contributed by atoms with van der Waals surface area (Å²) in [4.78, 5) is 1.83. The summed E-state index contributed by atoms with van der Waals surface area (Å²) in [7, 11) is -0.349. The average molecular weight is 311 g/mol. The van der Waals surface area contributed by atoms with Crippen molar-refractivity contribution in [2.75, 3.05) is 0 Å². The van der Waals surface area contributed by atoms with Crippen molar-refractivity contribution >= 4 is 12.6 Å². The molecule has 4 rings (SSSR count). The zero-order chi connectivity index (χ0) is 16.2. The van der Waals surface area contributed by atoms with E-state index in [4.69, 9.17) is 9.31 Å². The molecule has 120 valence electrons. The van der Waals surface area contributed by atoms with E-state index in [9.17, 15) is 0 Å². The van der Waals surface area contributed by atoms with Gasteiger partial charge in [0.15, 0.2) is 0 Å². The zero-order valence-corrected chi connectivity index (χ0v) is 14.1. The van der Waals surface area contributed by atoms with E-state index in [0.29, 0.717) is 6.04 Å². The minimum atomic E-state index is -0.349. The molecule has 1 aromatic heterocycles. The van der Waals surface area contributed by atoms with E-state index < -0.39 is 0 Å².